The summed E-state index contributed by atoms with van der Waals surface area (Å²) < 4.78 is 0. The molecule has 0 aliphatic carbocycles. The van der Waals surface area contributed by atoms with Crippen LogP contribution in [0.25, 0.3) is 0 Å². The Labute approximate surface area is 91.5 Å². The van der Waals surface area contributed by atoms with Crippen LogP contribution in [0.15, 0.2) is 0 Å². The molecule has 0 aromatic heterocycles. The minimum Gasteiger partial charge on any atom is -0.481 e. The predicted octanol–water partition coefficient (Wildman–Crippen LogP) is 2.11. The molecule has 0 spiro atoms. The molecule has 2 rings (SSSR count). The average molecular weight is 211 g/mol. The molecule has 0 amide bonds. The number of aliphatic carboxylic acids is 1. The lowest BCUT2D eigenvalue weighted by Gasteiger charge is -2.50. The number of hydrogen-bond donors (Lipinski definition) is 1. The highest BCUT2D eigenvalue weighted by atomic mass is 16.4. The highest BCUT2D eigenvalue weighted by Gasteiger charge is 2.41. The van der Waals surface area contributed by atoms with Crippen LogP contribution in [-0.2, 0) is 4.79 Å². The van der Waals surface area contributed by atoms with Crippen molar-refractivity contribution in [1.82, 2.24) is 4.90 Å². The molecule has 3 heteroatoms. The van der Waals surface area contributed by atoms with Crippen molar-refractivity contribution in [2.24, 2.45) is 5.92 Å². The first kappa shape index (κ1) is 10.9. The molecule has 3 nitrogen and oxygen atoms in total. The summed E-state index contributed by atoms with van der Waals surface area (Å²) >= 11 is 0. The molecule has 1 N–H and O–H groups in total. The van der Waals surface area contributed by atoms with E-state index < -0.39 is 5.97 Å². The fourth-order valence-corrected chi connectivity index (χ4v) is 3.46. The van der Waals surface area contributed by atoms with Gasteiger partial charge in [0.2, 0.25) is 0 Å². The van der Waals surface area contributed by atoms with Crippen molar-refractivity contribution >= 4 is 5.97 Å². The molecule has 86 valence electrons. The lowest BCUT2D eigenvalue weighted by Crippen LogP contribution is -2.55. The van der Waals surface area contributed by atoms with Gasteiger partial charge in [-0.05, 0) is 39.5 Å². The third-order valence-corrected chi connectivity index (χ3v) is 3.98. The fourth-order valence-electron chi connectivity index (χ4n) is 3.46. The van der Waals surface area contributed by atoms with Crippen LogP contribution in [0.2, 0.25) is 0 Å². The zero-order valence-corrected chi connectivity index (χ0v) is 9.65. The maximum absolute atomic E-state index is 11.0. The highest BCUT2D eigenvalue weighted by molar-refractivity contribution is 5.70. The van der Waals surface area contributed by atoms with E-state index in [2.05, 4.69) is 18.7 Å². The zero-order valence-electron chi connectivity index (χ0n) is 9.65. The van der Waals surface area contributed by atoms with Crippen molar-refractivity contribution in [3.63, 3.8) is 0 Å². The van der Waals surface area contributed by atoms with E-state index in [4.69, 9.17) is 5.11 Å². The third-order valence-electron chi connectivity index (χ3n) is 3.98. The van der Waals surface area contributed by atoms with Crippen LogP contribution in [0.1, 0.15) is 46.0 Å². The Hall–Kier alpha value is -0.570. The first-order chi connectivity index (χ1) is 7.09. The summed E-state index contributed by atoms with van der Waals surface area (Å²) in [5.41, 5.74) is 0. The molecule has 2 aliphatic heterocycles. The molecular weight excluding hydrogens is 190 g/mol. The Morgan fingerprint density at radius 2 is 1.80 bits per heavy atom. The van der Waals surface area contributed by atoms with Gasteiger partial charge in [-0.3, -0.25) is 9.69 Å². The van der Waals surface area contributed by atoms with Gasteiger partial charge in [-0.15, -0.1) is 0 Å². The number of rotatable bonds is 2. The van der Waals surface area contributed by atoms with Crippen molar-refractivity contribution in [3.05, 3.63) is 0 Å². The second-order valence-electron chi connectivity index (χ2n) is 5.29. The van der Waals surface area contributed by atoms with E-state index in [1.165, 1.54) is 19.3 Å². The van der Waals surface area contributed by atoms with Crippen LogP contribution in [-0.4, -0.2) is 34.1 Å². The number of carbonyl (C=O) groups is 1. The molecule has 2 atom stereocenters. The van der Waals surface area contributed by atoms with Crippen LogP contribution >= 0.6 is 0 Å². The number of hydrogen-bond acceptors (Lipinski definition) is 2. The second kappa shape index (κ2) is 4.12. The minimum atomic E-state index is -0.588. The predicted molar refractivity (Wildman–Crippen MR) is 58.8 cm³/mol. The van der Waals surface area contributed by atoms with Gasteiger partial charge in [-0.2, -0.15) is 0 Å². The summed E-state index contributed by atoms with van der Waals surface area (Å²) in [6, 6.07) is 1.62. The Morgan fingerprint density at radius 3 is 2.20 bits per heavy atom. The van der Waals surface area contributed by atoms with Crippen LogP contribution < -0.4 is 0 Å². The van der Waals surface area contributed by atoms with Crippen molar-refractivity contribution in [3.8, 4) is 0 Å². The van der Waals surface area contributed by atoms with Crippen molar-refractivity contribution in [2.75, 3.05) is 0 Å². The van der Waals surface area contributed by atoms with Crippen molar-refractivity contribution in [2.45, 2.75) is 64.1 Å². The van der Waals surface area contributed by atoms with Gasteiger partial charge in [0.1, 0.15) is 0 Å². The van der Waals surface area contributed by atoms with Gasteiger partial charge in [-0.25, -0.2) is 0 Å². The summed E-state index contributed by atoms with van der Waals surface area (Å²) in [6.07, 6.45) is 5.40. The topological polar surface area (TPSA) is 40.5 Å². The van der Waals surface area contributed by atoms with Crippen molar-refractivity contribution < 1.29 is 9.90 Å². The van der Waals surface area contributed by atoms with E-state index in [0.29, 0.717) is 18.1 Å². The summed E-state index contributed by atoms with van der Waals surface area (Å²) in [5.74, 6) is -0.675. The maximum Gasteiger partial charge on any atom is 0.306 e. The van der Waals surface area contributed by atoms with Gasteiger partial charge in [-0.1, -0.05) is 6.42 Å². The van der Waals surface area contributed by atoms with E-state index in [9.17, 15) is 4.79 Å². The SMILES string of the molecule is CC(C)N1C2CCCC1CC(C(=O)O)C2. The summed E-state index contributed by atoms with van der Waals surface area (Å²) in [5, 5.41) is 9.10. The Kier molecular flexibility index (Phi) is 3.01. The molecule has 2 saturated heterocycles. The summed E-state index contributed by atoms with van der Waals surface area (Å²) in [7, 11) is 0. The van der Waals surface area contributed by atoms with E-state index in [-0.39, 0.29) is 5.92 Å². The molecule has 0 saturated carbocycles. The molecule has 0 radical (unpaired) electrons. The number of fused-ring (bicyclic) bond motifs is 2. The highest BCUT2D eigenvalue weighted by Crippen LogP contribution is 2.38. The van der Waals surface area contributed by atoms with E-state index >= 15 is 0 Å². The third kappa shape index (κ3) is 2.03. The van der Waals surface area contributed by atoms with E-state index in [0.717, 1.165) is 12.8 Å². The summed E-state index contributed by atoms with van der Waals surface area (Å²) in [4.78, 5) is 13.6. The standard InChI is InChI=1S/C12H21NO2/c1-8(2)13-10-4-3-5-11(13)7-9(6-10)12(14)15/h8-11H,3-7H2,1-2H3,(H,14,15). The molecule has 2 heterocycles. The average Bonchev–Trinajstić information content (AvgIpc) is 2.15. The molecular formula is C12H21NO2. The Balaban J connectivity index is 2.11. The first-order valence-corrected chi connectivity index (χ1v) is 6.10. The molecule has 2 unspecified atom stereocenters. The number of nitrogens with zero attached hydrogens (tertiary/aromatic N) is 1. The first-order valence-electron chi connectivity index (χ1n) is 6.10. The normalized spacial score (nSPS) is 36.9. The van der Waals surface area contributed by atoms with Crippen LogP contribution in [0.4, 0.5) is 0 Å². The molecule has 2 aliphatic rings. The minimum absolute atomic E-state index is 0.0877. The molecule has 15 heavy (non-hydrogen) atoms. The Morgan fingerprint density at radius 1 is 1.27 bits per heavy atom. The lowest BCUT2D eigenvalue weighted by atomic mass is 9.77. The van der Waals surface area contributed by atoms with Gasteiger partial charge in [0.15, 0.2) is 0 Å². The van der Waals surface area contributed by atoms with Gasteiger partial charge < -0.3 is 5.11 Å². The van der Waals surface area contributed by atoms with Crippen LogP contribution in [0.3, 0.4) is 0 Å². The lowest BCUT2D eigenvalue weighted by molar-refractivity contribution is -0.146. The van der Waals surface area contributed by atoms with Gasteiger partial charge in [0.25, 0.3) is 0 Å². The monoisotopic (exact) mass is 211 g/mol. The largest absolute Gasteiger partial charge is 0.481 e. The smallest absolute Gasteiger partial charge is 0.306 e. The second-order valence-corrected chi connectivity index (χ2v) is 5.29. The quantitative estimate of drug-likeness (QED) is 0.760. The van der Waals surface area contributed by atoms with E-state index in [1.54, 1.807) is 0 Å². The maximum atomic E-state index is 11.0. The number of piperidine rings is 2. The molecule has 0 aromatic rings. The number of carboxylic acid groups (broad SMARTS) is 1. The zero-order chi connectivity index (χ0) is 11.0. The van der Waals surface area contributed by atoms with E-state index in [1.807, 2.05) is 0 Å². The molecule has 0 aromatic carbocycles. The fraction of sp³-hybridized carbons (Fsp3) is 0.917. The van der Waals surface area contributed by atoms with Crippen LogP contribution in [0.5, 0.6) is 0 Å². The van der Waals surface area contributed by atoms with Crippen molar-refractivity contribution in [1.29, 1.82) is 0 Å². The van der Waals surface area contributed by atoms with Crippen LogP contribution in [0, 0.1) is 5.92 Å². The summed E-state index contributed by atoms with van der Waals surface area (Å²) in [6.45, 7) is 4.46. The van der Waals surface area contributed by atoms with Gasteiger partial charge in [0.05, 0.1) is 5.92 Å². The number of carboxylic acids is 1. The van der Waals surface area contributed by atoms with Gasteiger partial charge in [0, 0.05) is 18.1 Å². The van der Waals surface area contributed by atoms with Gasteiger partial charge >= 0.3 is 5.97 Å². The molecule has 2 bridgehead atoms. The Bertz CT molecular complexity index is 238. The molecule has 2 fully saturated rings.